The minimum atomic E-state index is 0.105. The summed E-state index contributed by atoms with van der Waals surface area (Å²) in [5.74, 6) is 0. The highest BCUT2D eigenvalue weighted by Gasteiger charge is 2.20. The Morgan fingerprint density at radius 1 is 1.37 bits per heavy atom. The fourth-order valence-corrected chi connectivity index (χ4v) is 2.93. The van der Waals surface area contributed by atoms with E-state index in [1.165, 1.54) is 0 Å². The first-order valence-corrected chi connectivity index (χ1v) is 7.47. The molecule has 0 aromatic heterocycles. The van der Waals surface area contributed by atoms with Crippen molar-refractivity contribution in [2.24, 2.45) is 0 Å². The number of hydrogen-bond donors (Lipinski definition) is 2. The molecule has 1 aliphatic rings. The van der Waals surface area contributed by atoms with Crippen LogP contribution in [0.15, 0.2) is 22.7 Å². The zero-order valence-corrected chi connectivity index (χ0v) is 12.6. The SMILES string of the molecule is Nc1cccc(Br)c1CN1CCC(OCCO)CC1. The van der Waals surface area contributed by atoms with Gasteiger partial charge in [0.25, 0.3) is 0 Å². The number of piperidine rings is 1. The lowest BCUT2D eigenvalue weighted by molar-refractivity contribution is -0.00901. The van der Waals surface area contributed by atoms with Crippen LogP contribution in [0.25, 0.3) is 0 Å². The molecule has 0 aliphatic carbocycles. The van der Waals surface area contributed by atoms with Crippen molar-refractivity contribution in [1.29, 1.82) is 0 Å². The van der Waals surface area contributed by atoms with Crippen LogP contribution in [0, 0.1) is 0 Å². The number of nitrogens with zero attached hydrogens (tertiary/aromatic N) is 1. The van der Waals surface area contributed by atoms with Gasteiger partial charge in [0.2, 0.25) is 0 Å². The molecule has 0 amide bonds. The smallest absolute Gasteiger partial charge is 0.0701 e. The highest BCUT2D eigenvalue weighted by atomic mass is 79.9. The van der Waals surface area contributed by atoms with E-state index in [-0.39, 0.29) is 6.61 Å². The summed E-state index contributed by atoms with van der Waals surface area (Å²) in [5, 5.41) is 8.75. The normalized spacial score (nSPS) is 17.8. The quantitative estimate of drug-likeness (QED) is 0.812. The average Bonchev–Trinajstić information content (AvgIpc) is 2.42. The van der Waals surface area contributed by atoms with Gasteiger partial charge >= 0.3 is 0 Å². The third kappa shape index (κ3) is 4.18. The molecule has 0 saturated carbocycles. The molecular weight excluding hydrogens is 308 g/mol. The van der Waals surface area contributed by atoms with E-state index in [2.05, 4.69) is 20.8 Å². The zero-order chi connectivity index (χ0) is 13.7. The van der Waals surface area contributed by atoms with Crippen LogP contribution in [-0.2, 0) is 11.3 Å². The molecule has 0 unspecified atom stereocenters. The molecule has 0 atom stereocenters. The Labute approximate surface area is 122 Å². The van der Waals surface area contributed by atoms with Gasteiger partial charge < -0.3 is 15.6 Å². The van der Waals surface area contributed by atoms with E-state index in [1.807, 2.05) is 18.2 Å². The molecule has 1 fully saturated rings. The van der Waals surface area contributed by atoms with Gasteiger partial charge in [-0.1, -0.05) is 22.0 Å². The molecule has 3 N–H and O–H groups in total. The summed E-state index contributed by atoms with van der Waals surface area (Å²) in [5.41, 5.74) is 8.03. The van der Waals surface area contributed by atoms with E-state index < -0.39 is 0 Å². The van der Waals surface area contributed by atoms with Crippen molar-refractivity contribution < 1.29 is 9.84 Å². The van der Waals surface area contributed by atoms with E-state index in [0.717, 1.165) is 48.2 Å². The first-order chi connectivity index (χ1) is 9.20. The number of aliphatic hydroxyl groups excluding tert-OH is 1. The number of nitrogen functional groups attached to an aromatic ring is 1. The van der Waals surface area contributed by atoms with Crippen molar-refractivity contribution in [2.45, 2.75) is 25.5 Å². The molecular formula is C14H21BrN2O2. The lowest BCUT2D eigenvalue weighted by Crippen LogP contribution is -2.37. The van der Waals surface area contributed by atoms with Gasteiger partial charge in [0, 0.05) is 35.4 Å². The largest absolute Gasteiger partial charge is 0.398 e. The van der Waals surface area contributed by atoms with Crippen LogP contribution in [0.3, 0.4) is 0 Å². The second-order valence-corrected chi connectivity index (χ2v) is 5.73. The van der Waals surface area contributed by atoms with E-state index in [0.29, 0.717) is 12.7 Å². The minimum Gasteiger partial charge on any atom is -0.398 e. The molecule has 2 rings (SSSR count). The van der Waals surface area contributed by atoms with Crippen LogP contribution in [-0.4, -0.2) is 42.4 Å². The number of benzene rings is 1. The van der Waals surface area contributed by atoms with Crippen molar-refractivity contribution in [3.63, 3.8) is 0 Å². The Morgan fingerprint density at radius 2 is 2.11 bits per heavy atom. The minimum absolute atomic E-state index is 0.105. The van der Waals surface area contributed by atoms with Gasteiger partial charge in [-0.25, -0.2) is 0 Å². The predicted octanol–water partition coefficient (Wildman–Crippen LogP) is 2.00. The fraction of sp³-hybridized carbons (Fsp3) is 0.571. The second-order valence-electron chi connectivity index (χ2n) is 4.88. The van der Waals surface area contributed by atoms with Gasteiger partial charge in [-0.05, 0) is 25.0 Å². The van der Waals surface area contributed by atoms with Crippen LogP contribution in [0.5, 0.6) is 0 Å². The molecule has 1 saturated heterocycles. The summed E-state index contributed by atoms with van der Waals surface area (Å²) >= 11 is 3.56. The highest BCUT2D eigenvalue weighted by Crippen LogP contribution is 2.25. The molecule has 1 aromatic carbocycles. The molecule has 0 radical (unpaired) electrons. The predicted molar refractivity (Wildman–Crippen MR) is 79.9 cm³/mol. The van der Waals surface area contributed by atoms with Crippen molar-refractivity contribution in [3.8, 4) is 0 Å². The molecule has 1 heterocycles. The second kappa shape index (κ2) is 7.24. The molecule has 5 heteroatoms. The standard InChI is InChI=1S/C14H21BrN2O2/c15-13-2-1-3-14(16)12(13)10-17-6-4-11(5-7-17)19-9-8-18/h1-3,11,18H,4-10,16H2. The van der Waals surface area contributed by atoms with Crippen LogP contribution < -0.4 is 5.73 Å². The average molecular weight is 329 g/mol. The molecule has 1 aliphatic heterocycles. The maximum Gasteiger partial charge on any atom is 0.0701 e. The topological polar surface area (TPSA) is 58.7 Å². The highest BCUT2D eigenvalue weighted by molar-refractivity contribution is 9.10. The number of nitrogens with two attached hydrogens (primary N) is 1. The molecule has 19 heavy (non-hydrogen) atoms. The van der Waals surface area contributed by atoms with Gasteiger partial charge in [-0.15, -0.1) is 0 Å². The fourth-order valence-electron chi connectivity index (χ4n) is 2.42. The molecule has 106 valence electrons. The van der Waals surface area contributed by atoms with Crippen LogP contribution in [0.2, 0.25) is 0 Å². The molecule has 4 nitrogen and oxygen atoms in total. The van der Waals surface area contributed by atoms with Crippen molar-refractivity contribution in [3.05, 3.63) is 28.2 Å². The number of rotatable bonds is 5. The van der Waals surface area contributed by atoms with E-state index in [4.69, 9.17) is 15.6 Å². The van der Waals surface area contributed by atoms with E-state index >= 15 is 0 Å². The third-order valence-electron chi connectivity index (χ3n) is 3.52. The molecule has 0 spiro atoms. The Hall–Kier alpha value is -0.620. The first kappa shape index (κ1) is 14.8. The van der Waals surface area contributed by atoms with E-state index in [1.54, 1.807) is 0 Å². The lowest BCUT2D eigenvalue weighted by atomic mass is 10.1. The number of hydrogen-bond acceptors (Lipinski definition) is 4. The number of halogens is 1. The van der Waals surface area contributed by atoms with Gasteiger partial charge in [-0.2, -0.15) is 0 Å². The van der Waals surface area contributed by atoms with Gasteiger partial charge in [-0.3, -0.25) is 4.90 Å². The van der Waals surface area contributed by atoms with Crippen LogP contribution >= 0.6 is 15.9 Å². The summed E-state index contributed by atoms with van der Waals surface area (Å²) in [6.07, 6.45) is 2.33. The van der Waals surface area contributed by atoms with Crippen LogP contribution in [0.1, 0.15) is 18.4 Å². The Balaban J connectivity index is 1.85. The number of aliphatic hydroxyl groups is 1. The molecule has 0 bridgehead atoms. The summed E-state index contributed by atoms with van der Waals surface area (Å²) in [7, 11) is 0. The van der Waals surface area contributed by atoms with Gasteiger partial charge in [0.05, 0.1) is 19.3 Å². The molecule has 1 aromatic rings. The number of likely N-dealkylation sites (tertiary alicyclic amines) is 1. The maximum absolute atomic E-state index is 8.75. The summed E-state index contributed by atoms with van der Waals surface area (Å²) < 4.78 is 6.64. The monoisotopic (exact) mass is 328 g/mol. The van der Waals surface area contributed by atoms with Gasteiger partial charge in [0.1, 0.15) is 0 Å². The Bertz CT molecular complexity index is 386. The summed E-state index contributed by atoms with van der Waals surface area (Å²) in [6, 6.07) is 5.93. The number of anilines is 1. The van der Waals surface area contributed by atoms with E-state index in [9.17, 15) is 0 Å². The Morgan fingerprint density at radius 3 is 2.74 bits per heavy atom. The van der Waals surface area contributed by atoms with Crippen molar-refractivity contribution in [1.82, 2.24) is 4.90 Å². The van der Waals surface area contributed by atoms with Gasteiger partial charge in [0.15, 0.2) is 0 Å². The summed E-state index contributed by atoms with van der Waals surface area (Å²) in [4.78, 5) is 2.40. The maximum atomic E-state index is 8.75. The number of ether oxygens (including phenoxy) is 1. The van der Waals surface area contributed by atoms with Crippen molar-refractivity contribution in [2.75, 3.05) is 32.0 Å². The summed E-state index contributed by atoms with van der Waals surface area (Å²) in [6.45, 7) is 3.45. The first-order valence-electron chi connectivity index (χ1n) is 6.68. The third-order valence-corrected chi connectivity index (χ3v) is 4.26. The van der Waals surface area contributed by atoms with Crippen molar-refractivity contribution >= 4 is 21.6 Å². The Kier molecular flexibility index (Phi) is 5.63. The zero-order valence-electron chi connectivity index (χ0n) is 11.0. The lowest BCUT2D eigenvalue weighted by Gasteiger charge is -2.32. The van der Waals surface area contributed by atoms with Crippen LogP contribution in [0.4, 0.5) is 5.69 Å².